The molecule has 0 amide bonds. The maximum absolute atomic E-state index is 2.53. The molecule has 0 spiro atoms. The van der Waals surface area contributed by atoms with E-state index in [4.69, 9.17) is 0 Å². The second kappa shape index (κ2) is 12.2. The highest BCUT2D eigenvalue weighted by Gasteiger charge is 2.44. The van der Waals surface area contributed by atoms with Crippen LogP contribution in [0.3, 0.4) is 0 Å². The van der Waals surface area contributed by atoms with E-state index in [-0.39, 0.29) is 6.71 Å². The molecule has 4 heteroatoms. The van der Waals surface area contributed by atoms with Gasteiger partial charge >= 0.3 is 0 Å². The number of hydrogen-bond donors (Lipinski definition) is 0. The van der Waals surface area contributed by atoms with E-state index in [0.717, 1.165) is 0 Å². The topological polar surface area (TPSA) is 9.72 Å². The molecule has 2 aliphatic heterocycles. The van der Waals surface area contributed by atoms with Crippen LogP contribution in [0.25, 0.3) is 0 Å². The number of benzene rings is 5. The summed E-state index contributed by atoms with van der Waals surface area (Å²) in [6.45, 7) is 18.4. The molecule has 0 N–H and O–H groups in total. The van der Waals surface area contributed by atoms with E-state index in [9.17, 15) is 0 Å². The van der Waals surface area contributed by atoms with E-state index in [1.807, 2.05) is 0 Å². The van der Waals surface area contributed by atoms with Crippen molar-refractivity contribution in [1.29, 1.82) is 0 Å². The monoisotopic (exact) mass is 631 g/mol. The Balaban J connectivity index is 1.58. The third kappa shape index (κ3) is 5.30. The smallest absolute Gasteiger partial charge is 0.252 e. The van der Waals surface area contributed by atoms with Crippen molar-refractivity contribution < 1.29 is 0 Å². The van der Waals surface area contributed by atoms with Gasteiger partial charge in [-0.05, 0) is 111 Å². The van der Waals surface area contributed by atoms with Crippen molar-refractivity contribution >= 4 is 62.9 Å². The molecule has 0 aliphatic carbocycles. The number of nitrogens with zero attached hydrogens (tertiary/aromatic N) is 3. The highest BCUT2D eigenvalue weighted by molar-refractivity contribution is 7.00. The molecule has 0 atom stereocenters. The van der Waals surface area contributed by atoms with E-state index in [2.05, 4.69) is 181 Å². The maximum atomic E-state index is 2.53. The average molecular weight is 632 g/mol. The number of anilines is 7. The van der Waals surface area contributed by atoms with Crippen LogP contribution in [0.4, 0.5) is 39.8 Å². The van der Waals surface area contributed by atoms with E-state index in [1.54, 1.807) is 0 Å². The van der Waals surface area contributed by atoms with Crippen molar-refractivity contribution in [2.45, 2.75) is 79.1 Å². The largest absolute Gasteiger partial charge is 0.378 e. The fraction of sp³-hybridized carbons (Fsp3) is 0.318. The summed E-state index contributed by atoms with van der Waals surface area (Å²) in [7, 11) is 4.32. The number of rotatable bonds is 7. The minimum atomic E-state index is 0.117. The molecule has 3 nitrogen and oxygen atoms in total. The predicted octanol–water partition coefficient (Wildman–Crippen LogP) is 10.3. The molecule has 0 bridgehead atoms. The molecule has 5 aromatic carbocycles. The highest BCUT2D eigenvalue weighted by Crippen LogP contribution is 2.46. The fourth-order valence-corrected chi connectivity index (χ4v) is 7.58. The van der Waals surface area contributed by atoms with Crippen LogP contribution in [0.2, 0.25) is 0 Å². The Labute approximate surface area is 289 Å². The minimum Gasteiger partial charge on any atom is -0.378 e. The summed E-state index contributed by atoms with van der Waals surface area (Å²) in [5.74, 6) is 1.84. The van der Waals surface area contributed by atoms with Gasteiger partial charge in [0.15, 0.2) is 0 Å². The second-order valence-electron chi connectivity index (χ2n) is 15.3. The summed E-state index contributed by atoms with van der Waals surface area (Å²) in [6.07, 6.45) is 0. The molecule has 0 radical (unpaired) electrons. The van der Waals surface area contributed by atoms with Gasteiger partial charge in [0.2, 0.25) is 0 Å². The highest BCUT2D eigenvalue weighted by atomic mass is 15.2. The Morgan fingerprint density at radius 3 is 1.12 bits per heavy atom. The Bertz CT molecular complexity index is 1830. The van der Waals surface area contributed by atoms with E-state index < -0.39 is 0 Å². The first kappa shape index (κ1) is 32.1. The van der Waals surface area contributed by atoms with Crippen molar-refractivity contribution in [2.24, 2.45) is 0 Å². The normalized spacial score (nSPS) is 13.4. The summed E-state index contributed by atoms with van der Waals surface area (Å²) in [5.41, 5.74) is 18.3. The average Bonchev–Trinajstić information content (AvgIpc) is 3.07. The maximum Gasteiger partial charge on any atom is 0.252 e. The SMILES string of the molecule is CC(C)c1ccc(N2c3ccc(C(C)C)cc3B3c4cc(C(C)C)ccc4N(c4ccc(C(C)C)cc4)c4cc(N(C)C)cc2c43)cc1. The van der Waals surface area contributed by atoms with E-state index >= 15 is 0 Å². The first-order chi connectivity index (χ1) is 22.9. The zero-order chi connectivity index (χ0) is 34.0. The summed E-state index contributed by atoms with van der Waals surface area (Å²) in [6, 6.07) is 37.8. The van der Waals surface area contributed by atoms with Crippen molar-refractivity contribution in [1.82, 2.24) is 0 Å². The van der Waals surface area contributed by atoms with Gasteiger partial charge in [0.1, 0.15) is 0 Å². The fourth-order valence-electron chi connectivity index (χ4n) is 7.58. The van der Waals surface area contributed by atoms with Crippen LogP contribution in [-0.4, -0.2) is 20.8 Å². The molecule has 0 fully saturated rings. The van der Waals surface area contributed by atoms with Crippen molar-refractivity contribution in [3.8, 4) is 0 Å². The lowest BCUT2D eigenvalue weighted by Gasteiger charge is -2.45. The van der Waals surface area contributed by atoms with Gasteiger partial charge in [-0.3, -0.25) is 0 Å². The third-order valence-corrected chi connectivity index (χ3v) is 10.6. The van der Waals surface area contributed by atoms with Gasteiger partial charge in [-0.15, -0.1) is 0 Å². The molecular weight excluding hydrogens is 581 g/mol. The Morgan fingerprint density at radius 1 is 0.438 bits per heavy atom. The third-order valence-electron chi connectivity index (χ3n) is 10.6. The van der Waals surface area contributed by atoms with Gasteiger partial charge in [-0.1, -0.05) is 104 Å². The first-order valence-electron chi connectivity index (χ1n) is 17.9. The molecule has 7 rings (SSSR count). The Morgan fingerprint density at radius 2 is 0.792 bits per heavy atom. The van der Waals surface area contributed by atoms with Crippen LogP contribution < -0.4 is 31.1 Å². The van der Waals surface area contributed by atoms with Crippen LogP contribution in [0.1, 0.15) is 101 Å². The van der Waals surface area contributed by atoms with Gasteiger partial charge in [0.25, 0.3) is 6.71 Å². The van der Waals surface area contributed by atoms with Crippen molar-refractivity contribution in [3.63, 3.8) is 0 Å². The van der Waals surface area contributed by atoms with Crippen LogP contribution in [0.5, 0.6) is 0 Å². The molecule has 244 valence electrons. The zero-order valence-electron chi connectivity index (χ0n) is 30.5. The van der Waals surface area contributed by atoms with Crippen LogP contribution in [0, 0.1) is 0 Å². The molecule has 48 heavy (non-hydrogen) atoms. The predicted molar refractivity (Wildman–Crippen MR) is 211 cm³/mol. The van der Waals surface area contributed by atoms with E-state index in [1.165, 1.54) is 78.5 Å². The quantitative estimate of drug-likeness (QED) is 0.162. The van der Waals surface area contributed by atoms with Gasteiger partial charge in [0, 0.05) is 53.9 Å². The summed E-state index contributed by atoms with van der Waals surface area (Å²) < 4.78 is 0. The molecule has 0 saturated carbocycles. The lowest BCUT2D eigenvalue weighted by atomic mass is 9.33. The Kier molecular flexibility index (Phi) is 8.18. The van der Waals surface area contributed by atoms with Gasteiger partial charge in [-0.25, -0.2) is 0 Å². The lowest BCUT2D eigenvalue weighted by Crippen LogP contribution is -2.61. The molecule has 0 saturated heterocycles. The molecule has 0 unspecified atom stereocenters. The first-order valence-corrected chi connectivity index (χ1v) is 17.9. The van der Waals surface area contributed by atoms with Gasteiger partial charge in [0.05, 0.1) is 0 Å². The van der Waals surface area contributed by atoms with Crippen LogP contribution in [0.15, 0.2) is 97.1 Å². The second-order valence-corrected chi connectivity index (χ2v) is 15.3. The van der Waals surface area contributed by atoms with E-state index in [0.29, 0.717) is 23.7 Å². The van der Waals surface area contributed by atoms with Crippen LogP contribution in [-0.2, 0) is 0 Å². The molecule has 2 aliphatic rings. The number of fused-ring (bicyclic) bond motifs is 4. The van der Waals surface area contributed by atoms with Gasteiger partial charge in [-0.2, -0.15) is 0 Å². The molecule has 2 heterocycles. The van der Waals surface area contributed by atoms with Crippen molar-refractivity contribution in [2.75, 3.05) is 28.8 Å². The minimum absolute atomic E-state index is 0.117. The van der Waals surface area contributed by atoms with Crippen molar-refractivity contribution in [3.05, 3.63) is 119 Å². The van der Waals surface area contributed by atoms with Gasteiger partial charge < -0.3 is 14.7 Å². The number of hydrogen-bond acceptors (Lipinski definition) is 3. The summed E-state index contributed by atoms with van der Waals surface area (Å²) in [5, 5.41) is 0. The Hall–Kier alpha value is -4.44. The molecular formula is C44H50BN3. The summed E-state index contributed by atoms with van der Waals surface area (Å²) in [4.78, 5) is 7.31. The molecule has 0 aromatic heterocycles. The zero-order valence-corrected chi connectivity index (χ0v) is 30.5. The lowest BCUT2D eigenvalue weighted by molar-refractivity contribution is 0.866. The van der Waals surface area contributed by atoms with Crippen LogP contribution >= 0.6 is 0 Å². The molecule has 5 aromatic rings. The summed E-state index contributed by atoms with van der Waals surface area (Å²) >= 11 is 0. The standard InChI is InChI=1S/C44H50BN3/c1-27(2)31-11-17-35(18-12-31)47-40-21-15-33(29(5)6)23-38(40)45-39-24-34(30(7)8)16-22-41(39)48(36-19-13-32(14-20-36)28(3)4)43-26-37(46(9)10)25-42(47)44(43)45/h11-30H,1-10H3.